The van der Waals surface area contributed by atoms with E-state index < -0.39 is 0 Å². The Kier molecular flexibility index (Phi) is 5.52. The maximum Gasteiger partial charge on any atom is 0.131 e. The zero-order chi connectivity index (χ0) is 13.7. The first-order chi connectivity index (χ1) is 9.20. The third-order valence-electron chi connectivity index (χ3n) is 3.65. The highest BCUT2D eigenvalue weighted by Crippen LogP contribution is 2.21. The van der Waals surface area contributed by atoms with E-state index >= 15 is 0 Å². The third kappa shape index (κ3) is 4.11. The lowest BCUT2D eigenvalue weighted by Gasteiger charge is -2.23. The summed E-state index contributed by atoms with van der Waals surface area (Å²) in [6.45, 7) is 6.55. The van der Waals surface area contributed by atoms with Gasteiger partial charge in [0.05, 0.1) is 0 Å². The van der Waals surface area contributed by atoms with E-state index in [1.165, 1.54) is 29.1 Å². The molecule has 0 saturated carbocycles. The van der Waals surface area contributed by atoms with Crippen LogP contribution in [0.1, 0.15) is 30.9 Å². The predicted octanol–water partition coefficient (Wildman–Crippen LogP) is 2.61. The van der Waals surface area contributed by atoms with E-state index in [2.05, 4.69) is 24.8 Å². The fourth-order valence-corrected chi connectivity index (χ4v) is 3.36. The minimum absolute atomic E-state index is 0.252. The number of anilines is 1. The second-order valence-corrected chi connectivity index (χ2v) is 6.53. The Labute approximate surface area is 121 Å². The van der Waals surface area contributed by atoms with Gasteiger partial charge in [-0.25, -0.2) is 4.98 Å². The van der Waals surface area contributed by atoms with Gasteiger partial charge in [-0.2, -0.15) is 11.8 Å². The van der Waals surface area contributed by atoms with Gasteiger partial charge in [-0.3, -0.25) is 0 Å². The van der Waals surface area contributed by atoms with E-state index in [0.29, 0.717) is 0 Å². The maximum atomic E-state index is 6.02. The Balaban J connectivity index is 2.09. The highest BCUT2D eigenvalue weighted by Gasteiger charge is 2.14. The Morgan fingerprint density at radius 2 is 2.26 bits per heavy atom. The molecule has 1 aliphatic rings. The Morgan fingerprint density at radius 1 is 1.42 bits per heavy atom. The van der Waals surface area contributed by atoms with E-state index in [4.69, 9.17) is 10.7 Å². The van der Waals surface area contributed by atoms with Crippen molar-refractivity contribution in [2.45, 2.75) is 39.2 Å². The van der Waals surface area contributed by atoms with Crippen LogP contribution >= 0.6 is 11.8 Å². The van der Waals surface area contributed by atoms with Crippen LogP contribution in [0.15, 0.2) is 12.3 Å². The van der Waals surface area contributed by atoms with E-state index in [9.17, 15) is 0 Å². The van der Waals surface area contributed by atoms with Gasteiger partial charge in [0.1, 0.15) is 5.82 Å². The molecule has 1 unspecified atom stereocenters. The molecular formula is C15H25N3S. The first-order valence-corrected chi connectivity index (χ1v) is 8.40. The van der Waals surface area contributed by atoms with Crippen molar-refractivity contribution in [1.82, 2.24) is 4.98 Å². The molecule has 4 heteroatoms. The number of nitrogens with zero attached hydrogens (tertiary/aromatic N) is 2. The molecule has 2 N–H and O–H groups in total. The molecule has 1 aliphatic heterocycles. The topological polar surface area (TPSA) is 42.1 Å². The van der Waals surface area contributed by atoms with Gasteiger partial charge in [0.15, 0.2) is 0 Å². The van der Waals surface area contributed by atoms with Gasteiger partial charge in [0.2, 0.25) is 0 Å². The molecule has 1 atom stereocenters. The number of pyridine rings is 1. The highest BCUT2D eigenvalue weighted by molar-refractivity contribution is 7.99. The highest BCUT2D eigenvalue weighted by atomic mass is 32.2. The zero-order valence-electron chi connectivity index (χ0n) is 12.1. The Morgan fingerprint density at radius 3 is 3.00 bits per heavy atom. The van der Waals surface area contributed by atoms with E-state index in [-0.39, 0.29) is 6.04 Å². The van der Waals surface area contributed by atoms with Crippen LogP contribution in [0.5, 0.6) is 0 Å². The van der Waals surface area contributed by atoms with Crippen LogP contribution in [-0.2, 0) is 6.42 Å². The Hall–Kier alpha value is -0.740. The lowest BCUT2D eigenvalue weighted by Crippen LogP contribution is -2.27. The molecule has 3 nitrogen and oxygen atoms in total. The molecule has 106 valence electrons. The molecule has 0 bridgehead atoms. The molecule has 1 aromatic rings. The molecule has 0 radical (unpaired) electrons. The number of hydrogen-bond donors (Lipinski definition) is 1. The predicted molar refractivity (Wildman–Crippen MR) is 85.1 cm³/mol. The van der Waals surface area contributed by atoms with Crippen molar-refractivity contribution in [3.8, 4) is 0 Å². The number of rotatable bonds is 4. The van der Waals surface area contributed by atoms with E-state index in [1.807, 2.05) is 18.0 Å². The molecule has 1 fully saturated rings. The number of aryl methyl sites for hydroxylation is 1. The summed E-state index contributed by atoms with van der Waals surface area (Å²) >= 11 is 2.05. The summed E-state index contributed by atoms with van der Waals surface area (Å²) in [7, 11) is 0. The van der Waals surface area contributed by atoms with Crippen molar-refractivity contribution in [3.05, 3.63) is 23.4 Å². The fourth-order valence-electron chi connectivity index (χ4n) is 2.47. The van der Waals surface area contributed by atoms with Gasteiger partial charge in [-0.15, -0.1) is 0 Å². The number of thioether (sulfide) groups is 1. The second-order valence-electron chi connectivity index (χ2n) is 5.31. The van der Waals surface area contributed by atoms with Crippen LogP contribution in [0, 0.1) is 6.92 Å². The summed E-state index contributed by atoms with van der Waals surface area (Å²) in [5.74, 6) is 3.65. The van der Waals surface area contributed by atoms with Crippen LogP contribution in [-0.4, -0.2) is 35.6 Å². The molecule has 19 heavy (non-hydrogen) atoms. The molecule has 0 aliphatic carbocycles. The van der Waals surface area contributed by atoms with Crippen molar-refractivity contribution < 1.29 is 0 Å². The van der Waals surface area contributed by atoms with E-state index in [1.54, 1.807) is 0 Å². The van der Waals surface area contributed by atoms with Gasteiger partial charge in [0, 0.05) is 31.1 Å². The SMILES string of the molecule is CCC(N)Cc1cnc(N2CCCSCC2)c(C)c1. The summed E-state index contributed by atoms with van der Waals surface area (Å²) in [6, 6.07) is 2.51. The average Bonchev–Trinajstić information content (AvgIpc) is 2.67. The lowest BCUT2D eigenvalue weighted by atomic mass is 10.0. The van der Waals surface area contributed by atoms with Gasteiger partial charge >= 0.3 is 0 Å². The Bertz CT molecular complexity index is 400. The molecule has 2 heterocycles. The van der Waals surface area contributed by atoms with Crippen LogP contribution < -0.4 is 10.6 Å². The molecule has 2 rings (SSSR count). The summed E-state index contributed by atoms with van der Waals surface area (Å²) in [5.41, 5.74) is 8.56. The van der Waals surface area contributed by atoms with Crippen LogP contribution in [0.25, 0.3) is 0 Å². The maximum absolute atomic E-state index is 6.02. The monoisotopic (exact) mass is 279 g/mol. The van der Waals surface area contributed by atoms with Crippen molar-refractivity contribution in [2.75, 3.05) is 29.5 Å². The van der Waals surface area contributed by atoms with Gasteiger partial charge in [-0.05, 0) is 43.1 Å². The fraction of sp³-hybridized carbons (Fsp3) is 0.667. The largest absolute Gasteiger partial charge is 0.356 e. The smallest absolute Gasteiger partial charge is 0.131 e. The normalized spacial score (nSPS) is 18.2. The lowest BCUT2D eigenvalue weighted by molar-refractivity contribution is 0.644. The van der Waals surface area contributed by atoms with Crippen molar-refractivity contribution in [3.63, 3.8) is 0 Å². The third-order valence-corrected chi connectivity index (χ3v) is 4.70. The number of aromatic nitrogens is 1. The quantitative estimate of drug-likeness (QED) is 0.920. The molecular weight excluding hydrogens is 254 g/mol. The first-order valence-electron chi connectivity index (χ1n) is 7.24. The summed E-state index contributed by atoms with van der Waals surface area (Å²) in [6.07, 6.45) is 5.22. The minimum Gasteiger partial charge on any atom is -0.356 e. The van der Waals surface area contributed by atoms with E-state index in [0.717, 1.165) is 31.7 Å². The van der Waals surface area contributed by atoms with Crippen molar-refractivity contribution >= 4 is 17.6 Å². The second kappa shape index (κ2) is 7.15. The standard InChI is InChI=1S/C15H25N3S/c1-3-14(16)10-13-9-12(2)15(17-11-13)18-5-4-7-19-8-6-18/h9,11,14H,3-8,10,16H2,1-2H3. The summed E-state index contributed by atoms with van der Waals surface area (Å²) in [4.78, 5) is 7.12. The summed E-state index contributed by atoms with van der Waals surface area (Å²) in [5, 5.41) is 0. The zero-order valence-corrected chi connectivity index (χ0v) is 12.9. The molecule has 0 aromatic carbocycles. The van der Waals surface area contributed by atoms with Crippen molar-refractivity contribution in [1.29, 1.82) is 0 Å². The first kappa shape index (κ1) is 14.7. The molecule has 0 spiro atoms. The van der Waals surface area contributed by atoms with Crippen LogP contribution in [0.3, 0.4) is 0 Å². The number of hydrogen-bond acceptors (Lipinski definition) is 4. The van der Waals surface area contributed by atoms with Gasteiger partial charge < -0.3 is 10.6 Å². The molecule has 0 amide bonds. The molecule has 1 saturated heterocycles. The minimum atomic E-state index is 0.252. The van der Waals surface area contributed by atoms with Crippen molar-refractivity contribution in [2.24, 2.45) is 5.73 Å². The average molecular weight is 279 g/mol. The molecule has 1 aromatic heterocycles. The number of nitrogens with two attached hydrogens (primary N) is 1. The van der Waals surface area contributed by atoms with Gasteiger partial charge in [0.25, 0.3) is 0 Å². The van der Waals surface area contributed by atoms with Crippen LogP contribution in [0.4, 0.5) is 5.82 Å². The summed E-state index contributed by atoms with van der Waals surface area (Å²) < 4.78 is 0. The van der Waals surface area contributed by atoms with Gasteiger partial charge in [-0.1, -0.05) is 13.0 Å². The van der Waals surface area contributed by atoms with Crippen LogP contribution in [0.2, 0.25) is 0 Å².